The van der Waals surface area contributed by atoms with Crippen molar-refractivity contribution >= 4 is 5.91 Å². The van der Waals surface area contributed by atoms with E-state index in [-0.39, 0.29) is 11.9 Å². The Hall–Kier alpha value is -1.35. The second kappa shape index (κ2) is 5.82. The molecule has 0 radical (unpaired) electrons. The lowest BCUT2D eigenvalue weighted by Crippen LogP contribution is -2.51. The molecule has 3 nitrogen and oxygen atoms in total. The van der Waals surface area contributed by atoms with Crippen LogP contribution in [0.5, 0.6) is 0 Å². The molecule has 0 bridgehead atoms. The van der Waals surface area contributed by atoms with Crippen LogP contribution in [0.4, 0.5) is 0 Å². The maximum Gasteiger partial charge on any atom is 0.240 e. The predicted molar refractivity (Wildman–Crippen MR) is 70.5 cm³/mol. The standard InChI is InChI=1S/C14H22N2O/c1-4-10-14(3,15)13(17)16-11(2)12-8-6-5-7-9-12/h5-9,11H,4,10,15H2,1-3H3,(H,16,17)/t11-,14+/m0/s1. The molecule has 1 amide bonds. The number of amides is 1. The zero-order chi connectivity index (χ0) is 12.9. The van der Waals surface area contributed by atoms with Crippen LogP contribution in [0, 0.1) is 0 Å². The SMILES string of the molecule is CCC[C@@](C)(N)C(=O)N[C@@H](C)c1ccccc1. The Labute approximate surface area is 103 Å². The Morgan fingerprint density at radius 3 is 2.53 bits per heavy atom. The highest BCUT2D eigenvalue weighted by Crippen LogP contribution is 2.14. The molecule has 1 aromatic carbocycles. The fraction of sp³-hybridized carbons (Fsp3) is 0.500. The highest BCUT2D eigenvalue weighted by atomic mass is 16.2. The largest absolute Gasteiger partial charge is 0.348 e. The van der Waals surface area contributed by atoms with Crippen LogP contribution in [-0.2, 0) is 4.79 Å². The Morgan fingerprint density at radius 2 is 2.00 bits per heavy atom. The monoisotopic (exact) mass is 234 g/mol. The van der Waals surface area contributed by atoms with Crippen molar-refractivity contribution in [1.29, 1.82) is 0 Å². The molecule has 0 saturated carbocycles. The molecule has 1 aromatic rings. The molecule has 0 fully saturated rings. The number of hydrogen-bond acceptors (Lipinski definition) is 2. The van der Waals surface area contributed by atoms with Crippen LogP contribution in [-0.4, -0.2) is 11.4 Å². The van der Waals surface area contributed by atoms with Crippen molar-refractivity contribution in [1.82, 2.24) is 5.32 Å². The molecule has 3 N–H and O–H groups in total. The molecule has 0 heterocycles. The van der Waals surface area contributed by atoms with Crippen LogP contribution in [0.25, 0.3) is 0 Å². The minimum Gasteiger partial charge on any atom is -0.348 e. The van der Waals surface area contributed by atoms with Gasteiger partial charge in [0.25, 0.3) is 0 Å². The summed E-state index contributed by atoms with van der Waals surface area (Å²) in [6.07, 6.45) is 1.60. The van der Waals surface area contributed by atoms with Crippen LogP contribution < -0.4 is 11.1 Å². The summed E-state index contributed by atoms with van der Waals surface area (Å²) in [7, 11) is 0. The van der Waals surface area contributed by atoms with E-state index in [0.717, 1.165) is 12.0 Å². The van der Waals surface area contributed by atoms with Gasteiger partial charge in [-0.25, -0.2) is 0 Å². The fourth-order valence-corrected chi connectivity index (χ4v) is 1.82. The van der Waals surface area contributed by atoms with Crippen molar-refractivity contribution in [3.05, 3.63) is 35.9 Å². The van der Waals surface area contributed by atoms with Gasteiger partial charge in [0.15, 0.2) is 0 Å². The number of nitrogens with two attached hydrogens (primary N) is 1. The van der Waals surface area contributed by atoms with E-state index < -0.39 is 5.54 Å². The summed E-state index contributed by atoms with van der Waals surface area (Å²) in [5, 5.41) is 2.96. The van der Waals surface area contributed by atoms with Gasteiger partial charge in [0.05, 0.1) is 11.6 Å². The summed E-state index contributed by atoms with van der Waals surface area (Å²) in [6, 6.07) is 9.87. The smallest absolute Gasteiger partial charge is 0.240 e. The number of rotatable bonds is 5. The van der Waals surface area contributed by atoms with Gasteiger partial charge >= 0.3 is 0 Å². The van der Waals surface area contributed by atoms with Crippen LogP contribution in [0.15, 0.2) is 30.3 Å². The molecule has 0 aliphatic rings. The van der Waals surface area contributed by atoms with Crippen molar-refractivity contribution < 1.29 is 4.79 Å². The van der Waals surface area contributed by atoms with Gasteiger partial charge in [-0.1, -0.05) is 43.7 Å². The second-order valence-corrected chi connectivity index (χ2v) is 4.77. The zero-order valence-electron chi connectivity index (χ0n) is 10.9. The summed E-state index contributed by atoms with van der Waals surface area (Å²) in [5.41, 5.74) is 6.30. The van der Waals surface area contributed by atoms with Gasteiger partial charge in [0.1, 0.15) is 0 Å². The van der Waals surface area contributed by atoms with Gasteiger partial charge in [-0.2, -0.15) is 0 Å². The average Bonchev–Trinajstić information content (AvgIpc) is 2.30. The van der Waals surface area contributed by atoms with Gasteiger partial charge in [-0.05, 0) is 25.8 Å². The summed E-state index contributed by atoms with van der Waals surface area (Å²) in [6.45, 7) is 5.78. The molecular formula is C14H22N2O. The van der Waals surface area contributed by atoms with Crippen LogP contribution in [0.3, 0.4) is 0 Å². The first-order chi connectivity index (χ1) is 7.97. The Kier molecular flexibility index (Phi) is 4.70. The van der Waals surface area contributed by atoms with Gasteiger partial charge in [-0.15, -0.1) is 0 Å². The average molecular weight is 234 g/mol. The third-order valence-corrected chi connectivity index (χ3v) is 2.94. The molecule has 3 heteroatoms. The molecule has 0 saturated heterocycles. The Morgan fingerprint density at radius 1 is 1.41 bits per heavy atom. The van der Waals surface area contributed by atoms with Crippen LogP contribution in [0.1, 0.15) is 45.2 Å². The van der Waals surface area contributed by atoms with E-state index in [9.17, 15) is 4.79 Å². The summed E-state index contributed by atoms with van der Waals surface area (Å²) in [4.78, 5) is 12.0. The molecule has 0 aliphatic carbocycles. The molecule has 17 heavy (non-hydrogen) atoms. The highest BCUT2D eigenvalue weighted by molar-refractivity contribution is 5.85. The number of carbonyl (C=O) groups is 1. The molecule has 94 valence electrons. The normalized spacial score (nSPS) is 16.0. The van der Waals surface area contributed by atoms with Crippen LogP contribution in [0.2, 0.25) is 0 Å². The summed E-state index contributed by atoms with van der Waals surface area (Å²) < 4.78 is 0. The minimum absolute atomic E-state index is 0.0107. The van der Waals surface area contributed by atoms with Gasteiger partial charge in [-0.3, -0.25) is 4.79 Å². The topological polar surface area (TPSA) is 55.1 Å². The highest BCUT2D eigenvalue weighted by Gasteiger charge is 2.28. The van der Waals surface area contributed by atoms with Crippen molar-refractivity contribution in [3.63, 3.8) is 0 Å². The molecular weight excluding hydrogens is 212 g/mol. The lowest BCUT2D eigenvalue weighted by Gasteiger charge is -2.25. The van der Waals surface area contributed by atoms with Crippen LogP contribution >= 0.6 is 0 Å². The zero-order valence-corrected chi connectivity index (χ0v) is 10.9. The number of benzene rings is 1. The van der Waals surface area contributed by atoms with Gasteiger partial charge < -0.3 is 11.1 Å². The maximum absolute atomic E-state index is 12.0. The van der Waals surface area contributed by atoms with Crippen molar-refractivity contribution in [3.8, 4) is 0 Å². The molecule has 1 rings (SSSR count). The maximum atomic E-state index is 12.0. The Bertz CT molecular complexity index is 360. The lowest BCUT2D eigenvalue weighted by atomic mass is 9.95. The summed E-state index contributed by atoms with van der Waals surface area (Å²) in [5.74, 6) is -0.0873. The third-order valence-electron chi connectivity index (χ3n) is 2.94. The lowest BCUT2D eigenvalue weighted by molar-refractivity contribution is -0.126. The van der Waals surface area contributed by atoms with Gasteiger partial charge in [0.2, 0.25) is 5.91 Å². The van der Waals surface area contributed by atoms with E-state index in [1.54, 1.807) is 6.92 Å². The Balaban J connectivity index is 2.63. The first kappa shape index (κ1) is 13.7. The van der Waals surface area contributed by atoms with E-state index in [2.05, 4.69) is 5.32 Å². The molecule has 0 aromatic heterocycles. The number of nitrogens with one attached hydrogen (secondary N) is 1. The van der Waals surface area contributed by atoms with Crippen molar-refractivity contribution in [2.45, 2.75) is 45.2 Å². The third kappa shape index (κ3) is 3.86. The van der Waals surface area contributed by atoms with E-state index in [1.165, 1.54) is 0 Å². The van der Waals surface area contributed by atoms with E-state index in [4.69, 9.17) is 5.73 Å². The minimum atomic E-state index is -0.780. The fourth-order valence-electron chi connectivity index (χ4n) is 1.82. The molecule has 0 spiro atoms. The molecule has 2 atom stereocenters. The first-order valence-electron chi connectivity index (χ1n) is 6.12. The number of hydrogen-bond donors (Lipinski definition) is 2. The van der Waals surface area contributed by atoms with E-state index in [1.807, 2.05) is 44.2 Å². The second-order valence-electron chi connectivity index (χ2n) is 4.77. The first-order valence-corrected chi connectivity index (χ1v) is 6.12. The predicted octanol–water partition coefficient (Wildman–Crippen LogP) is 2.38. The van der Waals surface area contributed by atoms with E-state index >= 15 is 0 Å². The molecule has 0 unspecified atom stereocenters. The quantitative estimate of drug-likeness (QED) is 0.822. The van der Waals surface area contributed by atoms with E-state index in [0.29, 0.717) is 6.42 Å². The summed E-state index contributed by atoms with van der Waals surface area (Å²) >= 11 is 0. The van der Waals surface area contributed by atoms with Crippen molar-refractivity contribution in [2.24, 2.45) is 5.73 Å². The number of carbonyl (C=O) groups excluding carboxylic acids is 1. The molecule has 0 aliphatic heterocycles. The van der Waals surface area contributed by atoms with Crippen molar-refractivity contribution in [2.75, 3.05) is 0 Å². The van der Waals surface area contributed by atoms with Gasteiger partial charge in [0, 0.05) is 0 Å².